The van der Waals surface area contributed by atoms with E-state index in [1.165, 1.54) is 0 Å². The Hall–Kier alpha value is -1.67. The normalized spacial score (nSPS) is 18.3. The van der Waals surface area contributed by atoms with Crippen LogP contribution >= 0.6 is 23.2 Å². The van der Waals surface area contributed by atoms with E-state index in [0.717, 1.165) is 19.2 Å². The quantitative estimate of drug-likeness (QED) is 0.457. The van der Waals surface area contributed by atoms with Crippen LogP contribution in [-0.4, -0.2) is 29.4 Å². The molecule has 100 valence electrons. The van der Waals surface area contributed by atoms with Crippen LogP contribution in [0.15, 0.2) is 12.1 Å². The molecule has 9 heteroatoms. The molecule has 1 aromatic rings. The first-order chi connectivity index (χ1) is 8.88. The van der Waals surface area contributed by atoms with Gasteiger partial charge in [0.1, 0.15) is 0 Å². The average Bonchev–Trinajstić information content (AvgIpc) is 2.38. The molecular weight excluding hydrogens is 299 g/mol. The van der Waals surface area contributed by atoms with Gasteiger partial charge in [-0.1, -0.05) is 23.2 Å². The molecular formula is C10H6Cl2N2O5. The topological polar surface area (TPSA) is 96.9 Å². The summed E-state index contributed by atoms with van der Waals surface area (Å²) in [4.78, 5) is 23.1. The maximum atomic E-state index is 11.9. The van der Waals surface area contributed by atoms with Gasteiger partial charge in [-0.25, -0.2) is 9.59 Å². The number of benzene rings is 1. The van der Waals surface area contributed by atoms with Gasteiger partial charge >= 0.3 is 17.6 Å². The van der Waals surface area contributed by atoms with Gasteiger partial charge in [0.15, 0.2) is 0 Å². The summed E-state index contributed by atoms with van der Waals surface area (Å²) >= 11 is 11.5. The van der Waals surface area contributed by atoms with Crippen molar-refractivity contribution in [2.75, 3.05) is 7.11 Å². The number of nitrogens with zero attached hydrogens (tertiary/aromatic N) is 1. The first-order valence-electron chi connectivity index (χ1n) is 4.89. The van der Waals surface area contributed by atoms with E-state index >= 15 is 0 Å². The smallest absolute Gasteiger partial charge is 0.423 e. The number of quaternary nitrogens is 1. The summed E-state index contributed by atoms with van der Waals surface area (Å²) in [5.41, 5.74) is -1.33. The highest BCUT2D eigenvalue weighted by Crippen LogP contribution is 2.33. The van der Waals surface area contributed by atoms with Crippen molar-refractivity contribution in [3.63, 3.8) is 0 Å². The SMILES string of the molecule is COC(=O)C1=[N+]([O-])c2cc(Cl)c(Cl)cc2[NH+]([O-])C1=O. The fourth-order valence-electron chi connectivity index (χ4n) is 1.60. The van der Waals surface area contributed by atoms with Crippen LogP contribution < -0.4 is 5.06 Å². The predicted molar refractivity (Wildman–Crippen MR) is 65.8 cm³/mol. The molecule has 2 rings (SSSR count). The van der Waals surface area contributed by atoms with Crippen LogP contribution in [0.2, 0.25) is 10.0 Å². The van der Waals surface area contributed by atoms with E-state index in [9.17, 15) is 20.0 Å². The summed E-state index contributed by atoms with van der Waals surface area (Å²) in [5, 5.41) is 22.8. The third-order valence-electron chi connectivity index (χ3n) is 2.51. The van der Waals surface area contributed by atoms with Crippen molar-refractivity contribution in [1.29, 1.82) is 0 Å². The van der Waals surface area contributed by atoms with Gasteiger partial charge in [0.25, 0.3) is 5.69 Å². The molecule has 1 unspecified atom stereocenters. The van der Waals surface area contributed by atoms with E-state index in [4.69, 9.17) is 23.2 Å². The van der Waals surface area contributed by atoms with Gasteiger partial charge in [0.2, 0.25) is 5.69 Å². The van der Waals surface area contributed by atoms with Crippen molar-refractivity contribution in [3.05, 3.63) is 32.6 Å². The lowest BCUT2D eigenvalue weighted by molar-refractivity contribution is -0.691. The van der Waals surface area contributed by atoms with Crippen LogP contribution in [0.4, 0.5) is 11.4 Å². The second-order valence-corrected chi connectivity index (χ2v) is 4.39. The summed E-state index contributed by atoms with van der Waals surface area (Å²) in [6, 6.07) is 2.22. The zero-order valence-corrected chi connectivity index (χ0v) is 10.9. The number of nitrogens with one attached hydrogen (secondary N) is 1. The lowest BCUT2D eigenvalue weighted by Gasteiger charge is -2.24. The number of hydroxylamine groups is 1. The fourth-order valence-corrected chi connectivity index (χ4v) is 1.92. The Morgan fingerprint density at radius 3 is 2.53 bits per heavy atom. The number of ether oxygens (including phenoxy) is 1. The first kappa shape index (κ1) is 13.8. The van der Waals surface area contributed by atoms with E-state index < -0.39 is 22.7 Å². The molecule has 0 spiro atoms. The van der Waals surface area contributed by atoms with Crippen molar-refractivity contribution >= 4 is 52.2 Å². The first-order valence-corrected chi connectivity index (χ1v) is 5.64. The molecule has 1 heterocycles. The molecule has 0 saturated heterocycles. The molecule has 1 N–H and O–H groups in total. The summed E-state index contributed by atoms with van der Waals surface area (Å²) in [7, 11) is 0.991. The maximum absolute atomic E-state index is 11.9. The number of fused-ring (bicyclic) bond motifs is 1. The average molecular weight is 305 g/mol. The Balaban J connectivity index is 2.74. The fraction of sp³-hybridized carbons (Fsp3) is 0.100. The summed E-state index contributed by atoms with van der Waals surface area (Å²) in [6.07, 6.45) is 0. The van der Waals surface area contributed by atoms with E-state index in [1.54, 1.807) is 0 Å². The Morgan fingerprint density at radius 1 is 1.37 bits per heavy atom. The van der Waals surface area contributed by atoms with Gasteiger partial charge in [0, 0.05) is 12.1 Å². The number of rotatable bonds is 1. The Morgan fingerprint density at radius 2 is 1.95 bits per heavy atom. The van der Waals surface area contributed by atoms with Crippen LogP contribution in [0.5, 0.6) is 0 Å². The number of amides is 1. The number of carbonyl (C=O) groups is 2. The Kier molecular flexibility index (Phi) is 3.46. The number of hydrogen-bond acceptors (Lipinski definition) is 5. The van der Waals surface area contributed by atoms with Crippen molar-refractivity contribution < 1.29 is 24.1 Å². The van der Waals surface area contributed by atoms with Gasteiger partial charge in [-0.05, 0) is 0 Å². The number of carbonyl (C=O) groups excluding carboxylic acids is 2. The number of methoxy groups -OCH3 is 1. The van der Waals surface area contributed by atoms with Crippen LogP contribution in [0.1, 0.15) is 0 Å². The second-order valence-electron chi connectivity index (χ2n) is 3.58. The molecule has 0 aliphatic carbocycles. The molecule has 7 nitrogen and oxygen atoms in total. The van der Waals surface area contributed by atoms with Crippen molar-refractivity contribution in [1.82, 2.24) is 0 Å². The zero-order chi connectivity index (χ0) is 14.3. The van der Waals surface area contributed by atoms with E-state index in [0.29, 0.717) is 0 Å². The van der Waals surface area contributed by atoms with Gasteiger partial charge in [-0.2, -0.15) is 0 Å². The van der Waals surface area contributed by atoms with Gasteiger partial charge < -0.3 is 15.2 Å². The molecule has 0 bridgehead atoms. The highest BCUT2D eigenvalue weighted by Gasteiger charge is 2.44. The number of hydrogen-bond donors (Lipinski definition) is 1. The summed E-state index contributed by atoms with van der Waals surface area (Å²) < 4.78 is 4.32. The van der Waals surface area contributed by atoms with E-state index in [-0.39, 0.29) is 26.2 Å². The molecule has 1 aliphatic rings. The molecule has 0 aromatic heterocycles. The molecule has 1 atom stereocenters. The Bertz CT molecular complexity index is 629. The Labute approximate surface area is 116 Å². The third kappa shape index (κ3) is 2.06. The summed E-state index contributed by atoms with van der Waals surface area (Å²) in [5.74, 6) is -2.43. The molecule has 0 fully saturated rings. The van der Waals surface area contributed by atoms with Crippen molar-refractivity contribution in [2.45, 2.75) is 0 Å². The lowest BCUT2D eigenvalue weighted by atomic mass is 10.2. The maximum Gasteiger partial charge on any atom is 0.423 e. The molecule has 1 amide bonds. The van der Waals surface area contributed by atoms with E-state index in [1.807, 2.05) is 0 Å². The largest absolute Gasteiger partial charge is 0.621 e. The third-order valence-corrected chi connectivity index (χ3v) is 3.23. The zero-order valence-electron chi connectivity index (χ0n) is 9.40. The number of esters is 1. The molecule has 1 aliphatic heterocycles. The lowest BCUT2D eigenvalue weighted by Crippen LogP contribution is -3.07. The van der Waals surface area contributed by atoms with Crippen LogP contribution in [0.25, 0.3) is 0 Å². The minimum Gasteiger partial charge on any atom is -0.621 e. The van der Waals surface area contributed by atoms with Gasteiger partial charge in [-0.3, -0.25) is 5.06 Å². The monoisotopic (exact) mass is 304 g/mol. The van der Waals surface area contributed by atoms with Crippen LogP contribution in [0, 0.1) is 10.4 Å². The van der Waals surface area contributed by atoms with Crippen LogP contribution in [-0.2, 0) is 14.3 Å². The molecule has 0 radical (unpaired) electrons. The molecule has 1 aromatic carbocycles. The van der Waals surface area contributed by atoms with Gasteiger partial charge in [-0.15, -0.1) is 4.74 Å². The second kappa shape index (κ2) is 4.78. The van der Waals surface area contributed by atoms with Crippen molar-refractivity contribution in [2.24, 2.45) is 0 Å². The van der Waals surface area contributed by atoms with Crippen LogP contribution in [0.3, 0.4) is 0 Å². The molecule has 19 heavy (non-hydrogen) atoms. The highest BCUT2D eigenvalue weighted by atomic mass is 35.5. The number of halogens is 2. The highest BCUT2D eigenvalue weighted by molar-refractivity contribution is 6.60. The minimum absolute atomic E-state index is 0.0209. The van der Waals surface area contributed by atoms with Gasteiger partial charge in [0.05, 0.1) is 17.2 Å². The standard InChI is InChI=1S/C10H6Cl2N2O5/c1-19-10(16)8-9(15)14(18)7-3-5(12)4(11)2-6(7)13(8)17/h2-3,14H,1H3. The van der Waals surface area contributed by atoms with Crippen molar-refractivity contribution in [3.8, 4) is 0 Å². The minimum atomic E-state index is -1.24. The molecule has 0 saturated carbocycles. The van der Waals surface area contributed by atoms with E-state index in [2.05, 4.69) is 4.74 Å². The summed E-state index contributed by atoms with van der Waals surface area (Å²) in [6.45, 7) is 0. The predicted octanol–water partition coefficient (Wildman–Crippen LogP) is 0.304.